The molecule has 0 aliphatic heterocycles. The summed E-state index contributed by atoms with van der Waals surface area (Å²) in [5, 5.41) is 0. The highest BCUT2D eigenvalue weighted by Crippen LogP contribution is 2.00. The largest absolute Gasteiger partial charge is 0.145 e. The lowest BCUT2D eigenvalue weighted by atomic mass is 10.2. The molecular formula is C8H11Cl2N. The van der Waals surface area contributed by atoms with E-state index in [4.69, 9.17) is 0 Å². The van der Waals surface area contributed by atoms with E-state index in [1.54, 1.807) is 4.35 Å². The van der Waals surface area contributed by atoms with Gasteiger partial charge in [-0.25, -0.2) is 0 Å². The minimum atomic E-state index is 1.34. The molecule has 0 spiro atoms. The van der Waals surface area contributed by atoms with Gasteiger partial charge in [0.25, 0.3) is 0 Å². The average molecular weight is 192 g/mol. The summed E-state index contributed by atoms with van der Waals surface area (Å²) in [6, 6.07) is 8.45. The fourth-order valence-corrected chi connectivity index (χ4v) is 0.807. The predicted molar refractivity (Wildman–Crippen MR) is 50.8 cm³/mol. The molecule has 62 valence electrons. The fourth-order valence-electron chi connectivity index (χ4n) is 0.807. The van der Waals surface area contributed by atoms with Gasteiger partial charge >= 0.3 is 0 Å². The maximum absolute atomic E-state index is 4.51. The molecular weight excluding hydrogens is 181 g/mol. The minimum absolute atomic E-state index is 1.34. The molecule has 0 aromatic heterocycles. The summed E-state index contributed by atoms with van der Waals surface area (Å²) in [5.74, 6) is 0. The zero-order valence-electron chi connectivity index (χ0n) is 6.57. The third kappa shape index (κ3) is 6.17. The first kappa shape index (κ1) is 10.8. The first-order valence-electron chi connectivity index (χ1n) is 3.20. The first-order chi connectivity index (χ1) is 5.20. The van der Waals surface area contributed by atoms with Gasteiger partial charge in [0.15, 0.2) is 0 Å². The average Bonchev–Trinajstić information content (AvgIpc) is 1.88. The SMILES string of the molecule is Cc1cccc(C)c1.ClNCl. The summed E-state index contributed by atoms with van der Waals surface area (Å²) in [7, 11) is 0. The highest BCUT2D eigenvalue weighted by molar-refractivity contribution is 6.33. The Morgan fingerprint density at radius 3 is 1.64 bits per heavy atom. The fraction of sp³-hybridized carbons (Fsp3) is 0.250. The number of aryl methyl sites for hydroxylation is 2. The van der Waals surface area contributed by atoms with Gasteiger partial charge in [-0.05, 0) is 37.4 Å². The molecule has 1 N–H and O–H groups in total. The maximum Gasteiger partial charge on any atom is -0.00838 e. The van der Waals surface area contributed by atoms with E-state index in [1.807, 2.05) is 0 Å². The summed E-state index contributed by atoms with van der Waals surface area (Å²) in [5.41, 5.74) is 2.68. The second-order valence-electron chi connectivity index (χ2n) is 2.23. The van der Waals surface area contributed by atoms with Crippen molar-refractivity contribution in [2.24, 2.45) is 0 Å². The molecule has 3 heteroatoms. The van der Waals surface area contributed by atoms with E-state index in [1.165, 1.54) is 11.1 Å². The summed E-state index contributed by atoms with van der Waals surface area (Å²) in [4.78, 5) is 0. The van der Waals surface area contributed by atoms with E-state index in [-0.39, 0.29) is 0 Å². The lowest BCUT2D eigenvalue weighted by Crippen LogP contribution is -1.71. The Morgan fingerprint density at radius 1 is 1.09 bits per heavy atom. The van der Waals surface area contributed by atoms with E-state index in [0.29, 0.717) is 0 Å². The molecule has 0 amide bonds. The standard InChI is InChI=1S/C8H10.Cl2HN/c1-7-4-3-5-8(2)6-7;1-3-2/h3-6H,1-2H3;3H. The molecule has 0 saturated heterocycles. The molecule has 1 aromatic rings. The molecule has 1 rings (SSSR count). The van der Waals surface area contributed by atoms with Crippen molar-refractivity contribution >= 4 is 23.6 Å². The Morgan fingerprint density at radius 2 is 1.45 bits per heavy atom. The molecule has 0 saturated carbocycles. The van der Waals surface area contributed by atoms with Gasteiger partial charge < -0.3 is 0 Å². The van der Waals surface area contributed by atoms with Crippen molar-refractivity contribution in [3.05, 3.63) is 35.4 Å². The van der Waals surface area contributed by atoms with Crippen molar-refractivity contribution < 1.29 is 0 Å². The van der Waals surface area contributed by atoms with Crippen molar-refractivity contribution in [3.8, 4) is 0 Å². The van der Waals surface area contributed by atoms with Crippen LogP contribution in [0.25, 0.3) is 0 Å². The van der Waals surface area contributed by atoms with Gasteiger partial charge in [-0.15, -0.1) is 4.35 Å². The van der Waals surface area contributed by atoms with Crippen LogP contribution in [-0.4, -0.2) is 0 Å². The van der Waals surface area contributed by atoms with Crippen LogP contribution in [0.1, 0.15) is 11.1 Å². The summed E-state index contributed by atoms with van der Waals surface area (Å²) in [6.45, 7) is 4.21. The van der Waals surface area contributed by atoms with Gasteiger partial charge in [0.1, 0.15) is 0 Å². The van der Waals surface area contributed by atoms with E-state index in [9.17, 15) is 0 Å². The highest BCUT2D eigenvalue weighted by atomic mass is 35.5. The van der Waals surface area contributed by atoms with Crippen LogP contribution in [0.15, 0.2) is 24.3 Å². The molecule has 0 unspecified atom stereocenters. The molecule has 0 heterocycles. The smallest absolute Gasteiger partial charge is 0.00838 e. The number of benzene rings is 1. The van der Waals surface area contributed by atoms with Crippen LogP contribution >= 0.6 is 23.6 Å². The Bertz CT molecular complexity index is 184. The second kappa shape index (κ2) is 6.47. The third-order valence-electron chi connectivity index (χ3n) is 1.17. The number of hydrogen-bond donors (Lipinski definition) is 1. The molecule has 0 fully saturated rings. The monoisotopic (exact) mass is 191 g/mol. The van der Waals surface area contributed by atoms with Gasteiger partial charge in [0.05, 0.1) is 0 Å². The lowest BCUT2D eigenvalue weighted by Gasteiger charge is -1.90. The molecule has 0 radical (unpaired) electrons. The van der Waals surface area contributed by atoms with Crippen molar-refractivity contribution in [3.63, 3.8) is 0 Å². The van der Waals surface area contributed by atoms with Crippen molar-refractivity contribution in [2.45, 2.75) is 13.8 Å². The summed E-state index contributed by atoms with van der Waals surface area (Å²) in [6.07, 6.45) is 0. The van der Waals surface area contributed by atoms with Gasteiger partial charge in [-0.2, -0.15) is 0 Å². The predicted octanol–water partition coefficient (Wildman–Crippen LogP) is 3.19. The van der Waals surface area contributed by atoms with E-state index < -0.39 is 0 Å². The summed E-state index contributed by atoms with van der Waals surface area (Å²) < 4.78 is 1.69. The quantitative estimate of drug-likeness (QED) is 0.622. The van der Waals surface area contributed by atoms with Crippen LogP contribution in [0.5, 0.6) is 0 Å². The first-order valence-corrected chi connectivity index (χ1v) is 3.96. The zero-order valence-corrected chi connectivity index (χ0v) is 8.08. The number of rotatable bonds is 0. The van der Waals surface area contributed by atoms with Gasteiger partial charge in [-0.3, -0.25) is 0 Å². The van der Waals surface area contributed by atoms with Crippen LogP contribution in [0.4, 0.5) is 0 Å². The summed E-state index contributed by atoms with van der Waals surface area (Å²) >= 11 is 9.03. The zero-order chi connectivity index (χ0) is 8.69. The Balaban J connectivity index is 0.000000292. The lowest BCUT2D eigenvalue weighted by molar-refractivity contribution is 1.39. The third-order valence-corrected chi connectivity index (χ3v) is 1.17. The van der Waals surface area contributed by atoms with Crippen molar-refractivity contribution in [1.29, 1.82) is 0 Å². The van der Waals surface area contributed by atoms with E-state index >= 15 is 0 Å². The minimum Gasteiger partial charge on any atom is -0.145 e. The van der Waals surface area contributed by atoms with Crippen LogP contribution in [-0.2, 0) is 0 Å². The maximum atomic E-state index is 4.51. The van der Waals surface area contributed by atoms with Gasteiger partial charge in [0, 0.05) is 0 Å². The van der Waals surface area contributed by atoms with Crippen LogP contribution in [0, 0.1) is 13.8 Å². The second-order valence-corrected chi connectivity index (χ2v) is 2.80. The number of halogens is 2. The Kier molecular flexibility index (Phi) is 6.33. The molecule has 11 heavy (non-hydrogen) atoms. The molecule has 0 bridgehead atoms. The van der Waals surface area contributed by atoms with Crippen LogP contribution < -0.4 is 4.35 Å². The number of nitrogens with one attached hydrogen (secondary N) is 1. The highest BCUT2D eigenvalue weighted by Gasteiger charge is 1.80. The molecule has 0 aliphatic rings. The normalized spacial score (nSPS) is 8.36. The topological polar surface area (TPSA) is 12.0 Å². The molecule has 0 atom stereocenters. The van der Waals surface area contributed by atoms with Crippen LogP contribution in [0.2, 0.25) is 0 Å². The Labute approximate surface area is 77.5 Å². The van der Waals surface area contributed by atoms with Gasteiger partial charge in [0.2, 0.25) is 0 Å². The van der Waals surface area contributed by atoms with Crippen molar-refractivity contribution in [1.82, 2.24) is 4.35 Å². The van der Waals surface area contributed by atoms with E-state index in [0.717, 1.165) is 0 Å². The van der Waals surface area contributed by atoms with E-state index in [2.05, 4.69) is 61.7 Å². The van der Waals surface area contributed by atoms with Gasteiger partial charge in [-0.1, -0.05) is 35.4 Å². The van der Waals surface area contributed by atoms with Crippen LogP contribution in [0.3, 0.4) is 0 Å². The molecule has 1 nitrogen and oxygen atoms in total. The molecule has 0 aliphatic carbocycles. The Hall–Kier alpha value is -0.240. The number of hydrogen-bond acceptors (Lipinski definition) is 1. The van der Waals surface area contributed by atoms with Crippen molar-refractivity contribution in [2.75, 3.05) is 0 Å². The molecule has 1 aromatic carbocycles.